The lowest BCUT2D eigenvalue weighted by Crippen LogP contribution is -2.46. The Morgan fingerprint density at radius 2 is 0.962 bits per heavy atom. The fraction of sp³-hybridized carbons (Fsp3) is 0.870. The molecule has 0 aromatic rings. The Balaban J connectivity index is 4.53. The molecule has 6 heteroatoms. The molecule has 0 bridgehead atoms. The second-order valence-electron chi connectivity index (χ2n) is 15.5. The van der Waals surface area contributed by atoms with Crippen molar-refractivity contribution in [3.63, 3.8) is 0 Å². The van der Waals surface area contributed by atoms with Crippen LogP contribution in [0.2, 0.25) is 0 Å². The number of nitrogens with one attached hydrogen (secondary N) is 1. The van der Waals surface area contributed by atoms with Crippen molar-refractivity contribution < 1.29 is 24.5 Å². The zero-order valence-electron chi connectivity index (χ0n) is 34.7. The van der Waals surface area contributed by atoms with Crippen molar-refractivity contribution in [1.82, 2.24) is 5.32 Å². The number of allylic oxidation sites excluding steroid dienone is 4. The summed E-state index contributed by atoms with van der Waals surface area (Å²) < 4.78 is 5.88. The topological polar surface area (TPSA) is 95.9 Å². The molecule has 0 heterocycles. The molecular weight excluding hydrogens is 647 g/mol. The van der Waals surface area contributed by atoms with Crippen LogP contribution >= 0.6 is 0 Å². The summed E-state index contributed by atoms with van der Waals surface area (Å²) in [6.07, 6.45) is 43.8. The van der Waals surface area contributed by atoms with Gasteiger partial charge in [0.1, 0.15) is 6.10 Å². The maximum atomic E-state index is 13.1. The molecule has 6 nitrogen and oxygen atoms in total. The Kier molecular flexibility index (Phi) is 39.2. The Hall–Kier alpha value is -1.66. The number of aliphatic hydroxyl groups excluding tert-OH is 2. The monoisotopic (exact) mass is 734 g/mol. The highest BCUT2D eigenvalue weighted by molar-refractivity contribution is 5.77. The number of carbonyl (C=O) groups is 2. The standard InChI is InChI=1S/C46H87NO5/c1-4-7-10-13-16-19-20-21-22-23-24-27-30-33-36-39-46(51)52-42(37-34-31-28-25-17-14-11-8-5-2)40-45(50)47-43(41-48)44(49)38-35-32-29-26-18-15-12-9-6-3/h16,19-21,42-44,48-49H,4-15,17-18,22-41H2,1-3H3,(H,47,50)/b19-16+,21-20+. The van der Waals surface area contributed by atoms with E-state index in [1.54, 1.807) is 0 Å². The van der Waals surface area contributed by atoms with Crippen molar-refractivity contribution in [2.75, 3.05) is 6.61 Å². The number of carbonyl (C=O) groups excluding carboxylic acids is 2. The van der Waals surface area contributed by atoms with E-state index >= 15 is 0 Å². The fourth-order valence-corrected chi connectivity index (χ4v) is 6.83. The Morgan fingerprint density at radius 3 is 1.46 bits per heavy atom. The fourth-order valence-electron chi connectivity index (χ4n) is 6.83. The van der Waals surface area contributed by atoms with Crippen LogP contribution in [0.25, 0.3) is 0 Å². The number of hydrogen-bond donors (Lipinski definition) is 3. The first-order valence-electron chi connectivity index (χ1n) is 22.6. The Bertz CT molecular complexity index is 828. The maximum Gasteiger partial charge on any atom is 0.306 e. The van der Waals surface area contributed by atoms with E-state index in [2.05, 4.69) is 50.4 Å². The number of amides is 1. The van der Waals surface area contributed by atoms with Crippen LogP contribution in [-0.2, 0) is 14.3 Å². The minimum atomic E-state index is -0.782. The average Bonchev–Trinajstić information content (AvgIpc) is 3.13. The van der Waals surface area contributed by atoms with Crippen molar-refractivity contribution in [3.8, 4) is 0 Å². The zero-order valence-corrected chi connectivity index (χ0v) is 34.7. The van der Waals surface area contributed by atoms with E-state index in [0.29, 0.717) is 19.3 Å². The van der Waals surface area contributed by atoms with Gasteiger partial charge in [0, 0.05) is 6.42 Å². The van der Waals surface area contributed by atoms with Crippen LogP contribution in [0.4, 0.5) is 0 Å². The molecule has 1 amide bonds. The molecule has 0 saturated carbocycles. The van der Waals surface area contributed by atoms with Gasteiger partial charge < -0.3 is 20.3 Å². The van der Waals surface area contributed by atoms with Gasteiger partial charge >= 0.3 is 5.97 Å². The van der Waals surface area contributed by atoms with Crippen molar-refractivity contribution in [1.29, 1.82) is 0 Å². The molecule has 0 rings (SSSR count). The van der Waals surface area contributed by atoms with Crippen LogP contribution in [0.1, 0.15) is 233 Å². The van der Waals surface area contributed by atoms with Crippen molar-refractivity contribution >= 4 is 11.9 Å². The predicted octanol–water partition coefficient (Wildman–Crippen LogP) is 12.8. The van der Waals surface area contributed by atoms with Crippen molar-refractivity contribution in [3.05, 3.63) is 24.3 Å². The zero-order chi connectivity index (χ0) is 38.2. The van der Waals surface area contributed by atoms with E-state index < -0.39 is 18.2 Å². The number of aliphatic hydroxyl groups is 2. The molecule has 0 aliphatic rings. The Labute approximate surface area is 322 Å². The first-order valence-corrected chi connectivity index (χ1v) is 22.6. The lowest BCUT2D eigenvalue weighted by Gasteiger charge is -2.24. The molecule has 0 aromatic carbocycles. The number of esters is 1. The van der Waals surface area contributed by atoms with E-state index in [-0.39, 0.29) is 24.9 Å². The predicted molar refractivity (Wildman–Crippen MR) is 223 cm³/mol. The third-order valence-corrected chi connectivity index (χ3v) is 10.3. The third kappa shape index (κ3) is 35.4. The summed E-state index contributed by atoms with van der Waals surface area (Å²) in [6, 6.07) is -0.696. The molecule has 306 valence electrons. The van der Waals surface area contributed by atoms with Gasteiger partial charge in [-0.2, -0.15) is 0 Å². The molecule has 0 saturated heterocycles. The van der Waals surface area contributed by atoms with Crippen LogP contribution in [0.5, 0.6) is 0 Å². The summed E-state index contributed by atoms with van der Waals surface area (Å²) in [5.41, 5.74) is 0. The second kappa shape index (κ2) is 40.5. The molecule has 3 N–H and O–H groups in total. The first kappa shape index (κ1) is 50.3. The summed E-state index contributed by atoms with van der Waals surface area (Å²) in [5.74, 6) is -0.484. The Morgan fingerprint density at radius 1 is 0.558 bits per heavy atom. The molecule has 0 fully saturated rings. The molecule has 52 heavy (non-hydrogen) atoms. The van der Waals surface area contributed by atoms with Crippen LogP contribution < -0.4 is 5.32 Å². The van der Waals surface area contributed by atoms with E-state index in [9.17, 15) is 19.8 Å². The molecule has 0 radical (unpaired) electrons. The highest BCUT2D eigenvalue weighted by Crippen LogP contribution is 2.17. The van der Waals surface area contributed by atoms with Gasteiger partial charge in [-0.25, -0.2) is 0 Å². The number of hydrogen-bond acceptors (Lipinski definition) is 5. The second-order valence-corrected chi connectivity index (χ2v) is 15.5. The molecule has 0 aliphatic carbocycles. The molecular formula is C46H87NO5. The van der Waals surface area contributed by atoms with Crippen molar-refractivity contribution in [2.45, 2.75) is 251 Å². The minimum Gasteiger partial charge on any atom is -0.462 e. The largest absolute Gasteiger partial charge is 0.462 e. The van der Waals surface area contributed by atoms with Gasteiger partial charge in [0.25, 0.3) is 0 Å². The number of unbranched alkanes of at least 4 members (excludes halogenated alkanes) is 25. The van der Waals surface area contributed by atoms with E-state index in [1.807, 2.05) is 0 Å². The highest BCUT2D eigenvalue weighted by atomic mass is 16.5. The molecule has 3 unspecified atom stereocenters. The molecule has 0 aliphatic heterocycles. The smallest absolute Gasteiger partial charge is 0.306 e. The van der Waals surface area contributed by atoms with E-state index in [1.165, 1.54) is 128 Å². The average molecular weight is 734 g/mol. The van der Waals surface area contributed by atoms with Crippen LogP contribution in [0, 0.1) is 0 Å². The SMILES string of the molecule is CCCCC/C=C/C=C/CCCCCCCCC(=O)OC(CCCCCCCCCCC)CC(=O)NC(CO)C(O)CCCCCCCCCCC. The van der Waals surface area contributed by atoms with Crippen LogP contribution in [0.15, 0.2) is 24.3 Å². The quantitative estimate of drug-likeness (QED) is 0.0331. The molecule has 3 atom stereocenters. The summed E-state index contributed by atoms with van der Waals surface area (Å²) in [4.78, 5) is 25.9. The summed E-state index contributed by atoms with van der Waals surface area (Å²) >= 11 is 0. The minimum absolute atomic E-state index is 0.0765. The normalized spacial score (nSPS) is 13.6. The number of rotatable bonds is 40. The van der Waals surface area contributed by atoms with Gasteiger partial charge in [0.15, 0.2) is 0 Å². The molecule has 0 aromatic heterocycles. The maximum absolute atomic E-state index is 13.1. The van der Waals surface area contributed by atoms with E-state index in [4.69, 9.17) is 4.74 Å². The third-order valence-electron chi connectivity index (χ3n) is 10.3. The van der Waals surface area contributed by atoms with Gasteiger partial charge in [-0.3, -0.25) is 9.59 Å². The summed E-state index contributed by atoms with van der Waals surface area (Å²) in [5, 5.41) is 23.5. The van der Waals surface area contributed by atoms with E-state index in [0.717, 1.165) is 57.8 Å². The molecule has 0 spiro atoms. The van der Waals surface area contributed by atoms with Gasteiger partial charge in [-0.15, -0.1) is 0 Å². The van der Waals surface area contributed by atoms with Gasteiger partial charge in [0.05, 0.1) is 25.2 Å². The van der Waals surface area contributed by atoms with Gasteiger partial charge in [-0.1, -0.05) is 193 Å². The van der Waals surface area contributed by atoms with Gasteiger partial charge in [-0.05, 0) is 51.4 Å². The first-order chi connectivity index (χ1) is 25.5. The summed E-state index contributed by atoms with van der Waals surface area (Å²) in [7, 11) is 0. The van der Waals surface area contributed by atoms with Crippen LogP contribution in [0.3, 0.4) is 0 Å². The van der Waals surface area contributed by atoms with Gasteiger partial charge in [0.2, 0.25) is 5.91 Å². The summed E-state index contributed by atoms with van der Waals surface area (Å²) in [6.45, 7) is 6.41. The highest BCUT2D eigenvalue weighted by Gasteiger charge is 2.24. The number of ether oxygens (including phenoxy) is 1. The lowest BCUT2D eigenvalue weighted by atomic mass is 10.0. The lowest BCUT2D eigenvalue weighted by molar-refractivity contribution is -0.151. The van der Waals surface area contributed by atoms with Crippen LogP contribution in [-0.4, -0.2) is 46.9 Å². The van der Waals surface area contributed by atoms with Crippen molar-refractivity contribution in [2.24, 2.45) is 0 Å².